The van der Waals surface area contributed by atoms with Gasteiger partial charge in [-0.15, -0.1) is 0 Å². The summed E-state index contributed by atoms with van der Waals surface area (Å²) < 4.78 is 11.6. The average Bonchev–Trinajstić information content (AvgIpc) is 2.52. The molecule has 0 amide bonds. The quantitative estimate of drug-likeness (QED) is 0.757. The van der Waals surface area contributed by atoms with Gasteiger partial charge in [0.15, 0.2) is 0 Å². The van der Waals surface area contributed by atoms with E-state index in [9.17, 15) is 0 Å². The van der Waals surface area contributed by atoms with E-state index in [0.29, 0.717) is 24.5 Å². The zero-order valence-corrected chi connectivity index (χ0v) is 14.2. The molecule has 3 heteroatoms. The van der Waals surface area contributed by atoms with Crippen molar-refractivity contribution in [3.05, 3.63) is 59.2 Å². The van der Waals surface area contributed by atoms with Crippen molar-refractivity contribution < 1.29 is 9.47 Å². The Balaban J connectivity index is 1.98. The van der Waals surface area contributed by atoms with E-state index in [0.717, 1.165) is 11.3 Å². The number of nitriles is 1. The van der Waals surface area contributed by atoms with E-state index in [4.69, 9.17) is 14.7 Å². The van der Waals surface area contributed by atoms with Gasteiger partial charge in [-0.25, -0.2) is 0 Å². The first-order valence-electron chi connectivity index (χ1n) is 7.77. The smallest absolute Gasteiger partial charge is 0.126 e. The molecule has 0 aliphatic rings. The molecule has 0 heterocycles. The molecule has 120 valence electrons. The Labute approximate surface area is 138 Å². The SMILES string of the molecule is Cc1cccc(C(C)(C)C)c1OCCOc1cccc(C#N)c1. The second kappa shape index (κ2) is 7.19. The molecule has 0 saturated carbocycles. The summed E-state index contributed by atoms with van der Waals surface area (Å²) in [7, 11) is 0. The molecule has 0 aliphatic heterocycles. The summed E-state index contributed by atoms with van der Waals surface area (Å²) in [6.45, 7) is 9.49. The molecular formula is C20H23NO2. The molecule has 0 aliphatic carbocycles. The second-order valence-electron chi connectivity index (χ2n) is 6.54. The molecule has 0 fully saturated rings. The van der Waals surface area contributed by atoms with Gasteiger partial charge in [-0.3, -0.25) is 0 Å². The summed E-state index contributed by atoms with van der Waals surface area (Å²) in [5, 5.41) is 8.89. The lowest BCUT2D eigenvalue weighted by Gasteiger charge is -2.24. The predicted molar refractivity (Wildman–Crippen MR) is 92.0 cm³/mol. The Bertz CT molecular complexity index is 708. The highest BCUT2D eigenvalue weighted by molar-refractivity contribution is 5.44. The van der Waals surface area contributed by atoms with Crippen LogP contribution >= 0.6 is 0 Å². The average molecular weight is 309 g/mol. The molecule has 2 aromatic carbocycles. The fourth-order valence-electron chi connectivity index (χ4n) is 2.39. The van der Waals surface area contributed by atoms with E-state index in [2.05, 4.69) is 52.0 Å². The highest BCUT2D eigenvalue weighted by atomic mass is 16.5. The third-order valence-corrected chi connectivity index (χ3v) is 3.58. The first-order chi connectivity index (χ1) is 10.9. The molecule has 3 nitrogen and oxygen atoms in total. The van der Waals surface area contributed by atoms with Crippen molar-refractivity contribution in [1.29, 1.82) is 5.26 Å². The van der Waals surface area contributed by atoms with Crippen molar-refractivity contribution in [2.24, 2.45) is 0 Å². The fraction of sp³-hybridized carbons (Fsp3) is 0.350. The van der Waals surface area contributed by atoms with Gasteiger partial charge in [-0.05, 0) is 41.7 Å². The minimum atomic E-state index is 0.0311. The number of hydrogen-bond acceptors (Lipinski definition) is 3. The van der Waals surface area contributed by atoms with Crippen LogP contribution in [-0.4, -0.2) is 13.2 Å². The van der Waals surface area contributed by atoms with Crippen LogP contribution in [0.2, 0.25) is 0 Å². The van der Waals surface area contributed by atoms with E-state index >= 15 is 0 Å². The number of aryl methyl sites for hydroxylation is 1. The van der Waals surface area contributed by atoms with Crippen LogP contribution in [0.15, 0.2) is 42.5 Å². The van der Waals surface area contributed by atoms with Crippen molar-refractivity contribution in [3.63, 3.8) is 0 Å². The van der Waals surface area contributed by atoms with Gasteiger partial charge in [0.05, 0.1) is 11.6 Å². The zero-order chi connectivity index (χ0) is 16.9. The van der Waals surface area contributed by atoms with Crippen LogP contribution in [0.4, 0.5) is 0 Å². The lowest BCUT2D eigenvalue weighted by atomic mass is 9.85. The van der Waals surface area contributed by atoms with Crippen LogP contribution in [-0.2, 0) is 5.41 Å². The van der Waals surface area contributed by atoms with E-state index in [1.54, 1.807) is 12.1 Å². The van der Waals surface area contributed by atoms with Crippen LogP contribution in [0.25, 0.3) is 0 Å². The summed E-state index contributed by atoms with van der Waals surface area (Å²) in [5.41, 5.74) is 2.95. The Morgan fingerprint density at radius 2 is 1.70 bits per heavy atom. The maximum Gasteiger partial charge on any atom is 0.126 e. The minimum Gasteiger partial charge on any atom is -0.490 e. The predicted octanol–water partition coefficient (Wildman–Crippen LogP) is 4.62. The van der Waals surface area contributed by atoms with Crippen LogP contribution in [0.3, 0.4) is 0 Å². The largest absolute Gasteiger partial charge is 0.490 e. The third-order valence-electron chi connectivity index (χ3n) is 3.58. The van der Waals surface area contributed by atoms with Crippen LogP contribution in [0.5, 0.6) is 11.5 Å². The summed E-state index contributed by atoms with van der Waals surface area (Å²) in [5.74, 6) is 1.63. The molecule has 0 unspecified atom stereocenters. The van der Waals surface area contributed by atoms with Gasteiger partial charge in [0.1, 0.15) is 24.7 Å². The topological polar surface area (TPSA) is 42.2 Å². The molecular weight excluding hydrogens is 286 g/mol. The number of benzene rings is 2. The van der Waals surface area contributed by atoms with Crippen LogP contribution in [0, 0.1) is 18.3 Å². The van der Waals surface area contributed by atoms with Crippen molar-refractivity contribution in [3.8, 4) is 17.6 Å². The van der Waals surface area contributed by atoms with Crippen molar-refractivity contribution in [1.82, 2.24) is 0 Å². The van der Waals surface area contributed by atoms with E-state index in [-0.39, 0.29) is 5.41 Å². The summed E-state index contributed by atoms with van der Waals surface area (Å²) in [6, 6.07) is 15.5. The molecule has 0 atom stereocenters. The number of rotatable bonds is 5. The molecule has 2 aromatic rings. The normalized spacial score (nSPS) is 10.9. The lowest BCUT2D eigenvalue weighted by molar-refractivity contribution is 0.213. The fourth-order valence-corrected chi connectivity index (χ4v) is 2.39. The summed E-state index contributed by atoms with van der Waals surface area (Å²) in [4.78, 5) is 0. The molecule has 0 aromatic heterocycles. The summed E-state index contributed by atoms with van der Waals surface area (Å²) >= 11 is 0. The zero-order valence-electron chi connectivity index (χ0n) is 14.2. The van der Waals surface area contributed by atoms with Gasteiger partial charge < -0.3 is 9.47 Å². The third kappa shape index (κ3) is 4.50. The van der Waals surface area contributed by atoms with Gasteiger partial charge in [-0.2, -0.15) is 5.26 Å². The van der Waals surface area contributed by atoms with Crippen molar-refractivity contribution in [2.45, 2.75) is 33.1 Å². The Morgan fingerprint density at radius 1 is 1.00 bits per heavy atom. The number of para-hydroxylation sites is 1. The maximum atomic E-state index is 8.89. The highest BCUT2D eigenvalue weighted by Gasteiger charge is 2.20. The standard InChI is InChI=1S/C20H23NO2/c1-15-7-5-10-18(20(2,3)4)19(15)23-12-11-22-17-9-6-8-16(13-17)14-21/h5-10,13H,11-12H2,1-4H3. The van der Waals surface area contributed by atoms with Crippen LogP contribution < -0.4 is 9.47 Å². The van der Waals surface area contributed by atoms with Crippen LogP contribution in [0.1, 0.15) is 37.5 Å². The molecule has 0 N–H and O–H groups in total. The van der Waals surface area contributed by atoms with Gasteiger partial charge in [0.25, 0.3) is 0 Å². The molecule has 0 saturated heterocycles. The molecule has 0 spiro atoms. The van der Waals surface area contributed by atoms with Gasteiger partial charge in [0, 0.05) is 0 Å². The molecule has 0 radical (unpaired) electrons. The van der Waals surface area contributed by atoms with Crippen molar-refractivity contribution >= 4 is 0 Å². The Hall–Kier alpha value is -2.47. The van der Waals surface area contributed by atoms with Gasteiger partial charge in [0.2, 0.25) is 0 Å². The summed E-state index contributed by atoms with van der Waals surface area (Å²) in [6.07, 6.45) is 0. The van der Waals surface area contributed by atoms with E-state index in [1.165, 1.54) is 5.56 Å². The number of hydrogen-bond donors (Lipinski definition) is 0. The Morgan fingerprint density at radius 3 is 2.39 bits per heavy atom. The minimum absolute atomic E-state index is 0.0311. The Kier molecular flexibility index (Phi) is 5.28. The first kappa shape index (κ1) is 16.9. The van der Waals surface area contributed by atoms with E-state index < -0.39 is 0 Å². The lowest BCUT2D eigenvalue weighted by Crippen LogP contribution is -2.16. The number of ether oxygens (including phenoxy) is 2. The maximum absolute atomic E-state index is 8.89. The van der Waals surface area contributed by atoms with Gasteiger partial charge >= 0.3 is 0 Å². The second-order valence-corrected chi connectivity index (χ2v) is 6.54. The highest BCUT2D eigenvalue weighted by Crippen LogP contribution is 2.33. The van der Waals surface area contributed by atoms with Gasteiger partial charge in [-0.1, -0.05) is 45.0 Å². The molecule has 23 heavy (non-hydrogen) atoms. The monoisotopic (exact) mass is 309 g/mol. The number of nitrogens with zero attached hydrogens (tertiary/aromatic N) is 1. The molecule has 2 rings (SSSR count). The first-order valence-corrected chi connectivity index (χ1v) is 7.77. The van der Waals surface area contributed by atoms with Crippen molar-refractivity contribution in [2.75, 3.05) is 13.2 Å². The molecule has 0 bridgehead atoms. The van der Waals surface area contributed by atoms with E-state index in [1.807, 2.05) is 12.1 Å².